The first-order chi connectivity index (χ1) is 7.25. The van der Waals surface area contributed by atoms with Crippen molar-refractivity contribution in [3.63, 3.8) is 0 Å². The molecule has 0 spiro atoms. The summed E-state index contributed by atoms with van der Waals surface area (Å²) in [5.41, 5.74) is 0. The molecule has 3 heteroatoms. The fourth-order valence-corrected chi connectivity index (χ4v) is 2.29. The predicted molar refractivity (Wildman–Crippen MR) is 61.5 cm³/mol. The van der Waals surface area contributed by atoms with Crippen molar-refractivity contribution in [2.24, 2.45) is 0 Å². The van der Waals surface area contributed by atoms with Crippen molar-refractivity contribution in [3.8, 4) is 0 Å². The van der Waals surface area contributed by atoms with Crippen LogP contribution < -0.4 is 0 Å². The van der Waals surface area contributed by atoms with Crippen LogP contribution in [0.3, 0.4) is 0 Å². The Morgan fingerprint density at radius 3 is 2.60 bits per heavy atom. The first kappa shape index (κ1) is 10.7. The molecule has 2 rings (SSSR count). The highest BCUT2D eigenvalue weighted by atomic mass is 15.3. The third kappa shape index (κ3) is 2.81. The van der Waals surface area contributed by atoms with Gasteiger partial charge in [0, 0.05) is 32.0 Å². The highest BCUT2D eigenvalue weighted by Crippen LogP contribution is 2.21. The second-order valence-electron chi connectivity index (χ2n) is 4.70. The highest BCUT2D eigenvalue weighted by molar-refractivity contribution is 4.87. The molecule has 0 bridgehead atoms. The number of hydrogen-bond donors (Lipinski definition) is 0. The van der Waals surface area contributed by atoms with Crippen molar-refractivity contribution in [3.05, 3.63) is 24.4 Å². The minimum absolute atomic E-state index is 0.619. The SMILES string of the molecule is C[C](C)CN1CCC(n2cccn2)CC1. The topological polar surface area (TPSA) is 21.1 Å². The molecule has 1 aromatic rings. The van der Waals surface area contributed by atoms with Gasteiger partial charge in [-0.1, -0.05) is 13.8 Å². The monoisotopic (exact) mass is 206 g/mol. The van der Waals surface area contributed by atoms with Crippen LogP contribution in [0.15, 0.2) is 18.5 Å². The van der Waals surface area contributed by atoms with Crippen LogP contribution in [0.2, 0.25) is 0 Å². The van der Waals surface area contributed by atoms with Crippen LogP contribution in [-0.2, 0) is 0 Å². The fraction of sp³-hybridized carbons (Fsp3) is 0.667. The molecule has 0 saturated carbocycles. The molecule has 83 valence electrons. The van der Waals surface area contributed by atoms with Crippen LogP contribution in [0.25, 0.3) is 0 Å². The molecule has 1 fully saturated rings. The minimum Gasteiger partial charge on any atom is -0.303 e. The summed E-state index contributed by atoms with van der Waals surface area (Å²) >= 11 is 0. The van der Waals surface area contributed by atoms with Gasteiger partial charge in [-0.2, -0.15) is 5.10 Å². The largest absolute Gasteiger partial charge is 0.303 e. The molecule has 0 aliphatic carbocycles. The van der Waals surface area contributed by atoms with Crippen LogP contribution in [0.4, 0.5) is 0 Å². The Morgan fingerprint density at radius 2 is 2.07 bits per heavy atom. The quantitative estimate of drug-likeness (QED) is 0.755. The van der Waals surface area contributed by atoms with E-state index < -0.39 is 0 Å². The zero-order valence-corrected chi connectivity index (χ0v) is 9.69. The third-order valence-electron chi connectivity index (χ3n) is 3.00. The number of nitrogens with zero attached hydrogens (tertiary/aromatic N) is 3. The first-order valence-corrected chi connectivity index (χ1v) is 5.76. The molecule has 2 heterocycles. The van der Waals surface area contributed by atoms with Gasteiger partial charge in [0.15, 0.2) is 0 Å². The van der Waals surface area contributed by atoms with Crippen LogP contribution in [-0.4, -0.2) is 34.3 Å². The van der Waals surface area contributed by atoms with E-state index in [0.717, 1.165) is 6.54 Å². The normalized spacial score (nSPS) is 19.9. The van der Waals surface area contributed by atoms with E-state index in [2.05, 4.69) is 34.7 Å². The Balaban J connectivity index is 1.82. The van der Waals surface area contributed by atoms with Gasteiger partial charge in [0.1, 0.15) is 0 Å². The van der Waals surface area contributed by atoms with Gasteiger partial charge >= 0.3 is 0 Å². The zero-order chi connectivity index (χ0) is 10.7. The zero-order valence-electron chi connectivity index (χ0n) is 9.69. The van der Waals surface area contributed by atoms with Gasteiger partial charge in [-0.05, 0) is 24.8 Å². The summed E-state index contributed by atoms with van der Waals surface area (Å²) in [5.74, 6) is 1.51. The van der Waals surface area contributed by atoms with Gasteiger partial charge < -0.3 is 4.90 Å². The lowest BCUT2D eigenvalue weighted by atomic mass is 10.0. The molecule has 1 aliphatic rings. The maximum atomic E-state index is 4.32. The van der Waals surface area contributed by atoms with Gasteiger partial charge in [-0.15, -0.1) is 0 Å². The molecule has 0 N–H and O–H groups in total. The first-order valence-electron chi connectivity index (χ1n) is 5.76. The average Bonchev–Trinajstić information content (AvgIpc) is 2.71. The lowest BCUT2D eigenvalue weighted by molar-refractivity contribution is 0.186. The van der Waals surface area contributed by atoms with Gasteiger partial charge in [-0.3, -0.25) is 4.68 Å². The average molecular weight is 206 g/mol. The minimum atomic E-state index is 0.619. The Kier molecular flexibility index (Phi) is 3.41. The number of aromatic nitrogens is 2. The van der Waals surface area contributed by atoms with E-state index in [-0.39, 0.29) is 0 Å². The van der Waals surface area contributed by atoms with Crippen LogP contribution in [0, 0.1) is 5.92 Å². The number of rotatable bonds is 3. The third-order valence-corrected chi connectivity index (χ3v) is 3.00. The Labute approximate surface area is 92.1 Å². The van der Waals surface area contributed by atoms with Crippen molar-refractivity contribution in [1.29, 1.82) is 0 Å². The Bertz CT molecular complexity index is 271. The highest BCUT2D eigenvalue weighted by Gasteiger charge is 2.20. The molecule has 1 saturated heterocycles. The predicted octanol–water partition coefficient (Wildman–Crippen LogP) is 2.13. The van der Waals surface area contributed by atoms with Crippen LogP contribution in [0.5, 0.6) is 0 Å². The summed E-state index contributed by atoms with van der Waals surface area (Å²) in [7, 11) is 0. The number of hydrogen-bond acceptors (Lipinski definition) is 2. The van der Waals surface area contributed by atoms with Crippen molar-refractivity contribution >= 4 is 0 Å². The maximum Gasteiger partial charge on any atom is 0.0543 e. The van der Waals surface area contributed by atoms with Gasteiger partial charge in [-0.25, -0.2) is 0 Å². The molecular weight excluding hydrogens is 186 g/mol. The van der Waals surface area contributed by atoms with E-state index in [9.17, 15) is 0 Å². The van der Waals surface area contributed by atoms with Crippen molar-refractivity contribution in [1.82, 2.24) is 14.7 Å². The molecule has 0 amide bonds. The second-order valence-corrected chi connectivity index (χ2v) is 4.70. The second kappa shape index (κ2) is 4.79. The van der Waals surface area contributed by atoms with Crippen LogP contribution in [0.1, 0.15) is 32.7 Å². The molecule has 1 radical (unpaired) electrons. The van der Waals surface area contributed by atoms with Gasteiger partial charge in [0.05, 0.1) is 6.04 Å². The summed E-state index contributed by atoms with van der Waals surface area (Å²) in [6.07, 6.45) is 6.41. The smallest absolute Gasteiger partial charge is 0.0543 e. The van der Waals surface area contributed by atoms with Gasteiger partial charge in [0.2, 0.25) is 0 Å². The summed E-state index contributed by atoms with van der Waals surface area (Å²) in [4.78, 5) is 2.54. The Hall–Kier alpha value is -0.830. The molecule has 1 aliphatic heterocycles. The van der Waals surface area contributed by atoms with Crippen molar-refractivity contribution in [2.75, 3.05) is 19.6 Å². The number of piperidine rings is 1. The lowest BCUT2D eigenvalue weighted by Crippen LogP contribution is -2.36. The molecule has 1 aromatic heterocycles. The van der Waals surface area contributed by atoms with E-state index in [0.29, 0.717) is 6.04 Å². The Morgan fingerprint density at radius 1 is 1.33 bits per heavy atom. The summed E-state index contributed by atoms with van der Waals surface area (Å²) in [6, 6.07) is 2.63. The summed E-state index contributed by atoms with van der Waals surface area (Å²) < 4.78 is 2.11. The van der Waals surface area contributed by atoms with Crippen LogP contribution >= 0.6 is 0 Å². The number of likely N-dealkylation sites (tertiary alicyclic amines) is 1. The lowest BCUT2D eigenvalue weighted by Gasteiger charge is -2.32. The van der Waals surface area contributed by atoms with Crippen molar-refractivity contribution < 1.29 is 0 Å². The van der Waals surface area contributed by atoms with E-state index in [1.54, 1.807) is 0 Å². The summed E-state index contributed by atoms with van der Waals surface area (Å²) in [5, 5.41) is 4.32. The molecule has 15 heavy (non-hydrogen) atoms. The van der Waals surface area contributed by atoms with E-state index in [1.165, 1.54) is 31.8 Å². The van der Waals surface area contributed by atoms with E-state index in [4.69, 9.17) is 0 Å². The fourth-order valence-electron chi connectivity index (χ4n) is 2.29. The molecule has 0 unspecified atom stereocenters. The molecule has 0 aromatic carbocycles. The van der Waals surface area contributed by atoms with Crippen molar-refractivity contribution in [2.45, 2.75) is 32.7 Å². The molecule has 3 nitrogen and oxygen atoms in total. The maximum absolute atomic E-state index is 4.32. The van der Waals surface area contributed by atoms with E-state index in [1.807, 2.05) is 12.3 Å². The van der Waals surface area contributed by atoms with Gasteiger partial charge in [0.25, 0.3) is 0 Å². The summed E-state index contributed by atoms with van der Waals surface area (Å²) in [6.45, 7) is 7.98. The van der Waals surface area contributed by atoms with E-state index >= 15 is 0 Å². The standard InChI is InChI=1S/C12H20N3/c1-11(2)10-14-8-4-12(5-9-14)15-7-3-6-13-15/h3,6-7,12H,4-5,8-10H2,1-2H3. The molecule has 0 atom stereocenters. The molecular formula is C12H20N3.